The van der Waals surface area contributed by atoms with Gasteiger partial charge in [-0.2, -0.15) is 0 Å². The summed E-state index contributed by atoms with van der Waals surface area (Å²) in [5.41, 5.74) is 4.05. The third kappa shape index (κ3) is 5.75. The van der Waals surface area contributed by atoms with Crippen molar-refractivity contribution in [2.24, 2.45) is 0 Å². The minimum absolute atomic E-state index is 0.316. The SMILES string of the molecule is CCCCOCC(NCCC)c1ccc(C)c(C)c1. The summed E-state index contributed by atoms with van der Waals surface area (Å²) >= 11 is 0. The van der Waals surface area contributed by atoms with Crippen LogP contribution in [0.3, 0.4) is 0 Å². The molecule has 0 saturated carbocycles. The Labute approximate surface area is 118 Å². The van der Waals surface area contributed by atoms with Crippen LogP contribution in [0.1, 0.15) is 55.8 Å². The van der Waals surface area contributed by atoms with Crippen LogP contribution in [-0.4, -0.2) is 19.8 Å². The van der Waals surface area contributed by atoms with Gasteiger partial charge in [0.25, 0.3) is 0 Å². The number of ether oxygens (including phenoxy) is 1. The molecule has 0 aliphatic rings. The Bertz CT molecular complexity index is 362. The van der Waals surface area contributed by atoms with Gasteiger partial charge in [0, 0.05) is 6.61 Å². The maximum Gasteiger partial charge on any atom is 0.0661 e. The van der Waals surface area contributed by atoms with Gasteiger partial charge in [-0.15, -0.1) is 0 Å². The van der Waals surface area contributed by atoms with Crippen molar-refractivity contribution in [2.75, 3.05) is 19.8 Å². The summed E-state index contributed by atoms with van der Waals surface area (Å²) in [6.07, 6.45) is 3.49. The van der Waals surface area contributed by atoms with E-state index in [4.69, 9.17) is 4.74 Å². The number of hydrogen-bond acceptors (Lipinski definition) is 2. The molecule has 0 saturated heterocycles. The molecule has 0 bridgehead atoms. The fourth-order valence-corrected chi connectivity index (χ4v) is 2.02. The first-order valence-electron chi connectivity index (χ1n) is 7.57. The summed E-state index contributed by atoms with van der Waals surface area (Å²) in [5.74, 6) is 0. The first-order chi connectivity index (χ1) is 9.19. The molecule has 1 atom stereocenters. The first kappa shape index (κ1) is 16.2. The molecule has 0 aliphatic carbocycles. The molecule has 1 aromatic carbocycles. The molecule has 0 heterocycles. The lowest BCUT2D eigenvalue weighted by Gasteiger charge is -2.20. The molecule has 0 aliphatic heterocycles. The molecule has 0 aromatic heterocycles. The van der Waals surface area contributed by atoms with Crippen LogP contribution in [0.5, 0.6) is 0 Å². The van der Waals surface area contributed by atoms with Crippen LogP contribution in [0.25, 0.3) is 0 Å². The van der Waals surface area contributed by atoms with E-state index in [1.165, 1.54) is 23.1 Å². The number of hydrogen-bond donors (Lipinski definition) is 1. The second-order valence-corrected chi connectivity index (χ2v) is 5.28. The van der Waals surface area contributed by atoms with Crippen molar-refractivity contribution in [3.8, 4) is 0 Å². The van der Waals surface area contributed by atoms with Crippen LogP contribution in [0.2, 0.25) is 0 Å². The van der Waals surface area contributed by atoms with Crippen molar-refractivity contribution in [1.82, 2.24) is 5.32 Å². The normalized spacial score (nSPS) is 12.6. The highest BCUT2D eigenvalue weighted by Crippen LogP contribution is 2.18. The second kappa shape index (κ2) is 9.11. The lowest BCUT2D eigenvalue weighted by Crippen LogP contribution is -2.26. The maximum atomic E-state index is 5.80. The lowest BCUT2D eigenvalue weighted by atomic mass is 10.0. The maximum absolute atomic E-state index is 5.80. The molecule has 108 valence electrons. The minimum atomic E-state index is 0.316. The van der Waals surface area contributed by atoms with Crippen molar-refractivity contribution in [2.45, 2.75) is 53.0 Å². The predicted octanol–water partition coefficient (Wildman–Crippen LogP) is 4.16. The lowest BCUT2D eigenvalue weighted by molar-refractivity contribution is 0.109. The average molecular weight is 263 g/mol. The Kier molecular flexibility index (Phi) is 7.76. The summed E-state index contributed by atoms with van der Waals surface area (Å²) in [5, 5.41) is 3.58. The molecule has 0 radical (unpaired) electrons. The number of benzene rings is 1. The van der Waals surface area contributed by atoms with Crippen molar-refractivity contribution >= 4 is 0 Å². The van der Waals surface area contributed by atoms with Gasteiger partial charge in [-0.1, -0.05) is 38.5 Å². The molecule has 0 amide bonds. The molecule has 1 aromatic rings. The van der Waals surface area contributed by atoms with E-state index >= 15 is 0 Å². The minimum Gasteiger partial charge on any atom is -0.379 e. The molecule has 19 heavy (non-hydrogen) atoms. The van der Waals surface area contributed by atoms with E-state index in [-0.39, 0.29) is 0 Å². The van der Waals surface area contributed by atoms with Crippen LogP contribution in [0.4, 0.5) is 0 Å². The molecule has 2 nitrogen and oxygen atoms in total. The quantitative estimate of drug-likeness (QED) is 0.675. The second-order valence-electron chi connectivity index (χ2n) is 5.28. The average Bonchev–Trinajstić information content (AvgIpc) is 2.41. The molecule has 1 unspecified atom stereocenters. The van der Waals surface area contributed by atoms with Gasteiger partial charge in [0.2, 0.25) is 0 Å². The number of rotatable bonds is 9. The van der Waals surface area contributed by atoms with Crippen molar-refractivity contribution in [3.63, 3.8) is 0 Å². The molecule has 0 fully saturated rings. The molecule has 1 N–H and O–H groups in total. The summed E-state index contributed by atoms with van der Waals surface area (Å²) in [4.78, 5) is 0. The van der Waals surface area contributed by atoms with E-state index in [1.54, 1.807) is 0 Å². The predicted molar refractivity (Wildman–Crippen MR) is 82.7 cm³/mol. The van der Waals surface area contributed by atoms with Crippen LogP contribution in [-0.2, 0) is 4.74 Å². The first-order valence-corrected chi connectivity index (χ1v) is 7.57. The Morgan fingerprint density at radius 1 is 1.11 bits per heavy atom. The molecular formula is C17H29NO. The Morgan fingerprint density at radius 2 is 1.89 bits per heavy atom. The van der Waals surface area contributed by atoms with Crippen LogP contribution in [0, 0.1) is 13.8 Å². The van der Waals surface area contributed by atoms with Gasteiger partial charge in [-0.25, -0.2) is 0 Å². The Morgan fingerprint density at radius 3 is 2.53 bits per heavy atom. The van der Waals surface area contributed by atoms with Gasteiger partial charge in [-0.3, -0.25) is 0 Å². The van der Waals surface area contributed by atoms with E-state index < -0.39 is 0 Å². The summed E-state index contributed by atoms with van der Waals surface area (Å²) < 4.78 is 5.80. The van der Waals surface area contributed by atoms with E-state index in [9.17, 15) is 0 Å². The van der Waals surface area contributed by atoms with Gasteiger partial charge in [0.05, 0.1) is 12.6 Å². The zero-order chi connectivity index (χ0) is 14.1. The van der Waals surface area contributed by atoms with E-state index in [0.29, 0.717) is 6.04 Å². The van der Waals surface area contributed by atoms with Crippen molar-refractivity contribution < 1.29 is 4.74 Å². The van der Waals surface area contributed by atoms with E-state index in [0.717, 1.165) is 32.6 Å². The number of aryl methyl sites for hydroxylation is 2. The fraction of sp³-hybridized carbons (Fsp3) is 0.647. The topological polar surface area (TPSA) is 21.3 Å². The Hall–Kier alpha value is -0.860. The standard InChI is InChI=1S/C17H29NO/c1-5-7-11-19-13-17(18-10-6-2)16-9-8-14(3)15(4)12-16/h8-9,12,17-18H,5-7,10-11,13H2,1-4H3. The van der Waals surface area contributed by atoms with Gasteiger partial charge in [0.1, 0.15) is 0 Å². The Balaban J connectivity index is 2.63. The molecular weight excluding hydrogens is 234 g/mol. The van der Waals surface area contributed by atoms with Gasteiger partial charge in [-0.05, 0) is 49.9 Å². The smallest absolute Gasteiger partial charge is 0.0661 e. The van der Waals surface area contributed by atoms with Crippen molar-refractivity contribution in [3.05, 3.63) is 34.9 Å². The molecule has 2 heteroatoms. The van der Waals surface area contributed by atoms with Crippen LogP contribution < -0.4 is 5.32 Å². The summed E-state index contributed by atoms with van der Waals surface area (Å²) in [6.45, 7) is 11.4. The summed E-state index contributed by atoms with van der Waals surface area (Å²) in [7, 11) is 0. The zero-order valence-corrected chi connectivity index (χ0v) is 13.0. The summed E-state index contributed by atoms with van der Waals surface area (Å²) in [6, 6.07) is 7.03. The molecule has 0 spiro atoms. The number of nitrogens with one attached hydrogen (secondary N) is 1. The highest BCUT2D eigenvalue weighted by Gasteiger charge is 2.11. The van der Waals surface area contributed by atoms with Crippen LogP contribution >= 0.6 is 0 Å². The molecule has 1 rings (SSSR count). The number of unbranched alkanes of at least 4 members (excludes halogenated alkanes) is 1. The van der Waals surface area contributed by atoms with E-state index in [2.05, 4.69) is 51.2 Å². The van der Waals surface area contributed by atoms with E-state index in [1.807, 2.05) is 0 Å². The third-order valence-corrected chi connectivity index (χ3v) is 3.50. The highest BCUT2D eigenvalue weighted by molar-refractivity contribution is 5.31. The van der Waals surface area contributed by atoms with Crippen molar-refractivity contribution in [1.29, 1.82) is 0 Å². The highest BCUT2D eigenvalue weighted by atomic mass is 16.5. The van der Waals surface area contributed by atoms with Crippen LogP contribution in [0.15, 0.2) is 18.2 Å². The monoisotopic (exact) mass is 263 g/mol. The fourth-order valence-electron chi connectivity index (χ4n) is 2.02. The van der Waals surface area contributed by atoms with Gasteiger partial charge < -0.3 is 10.1 Å². The third-order valence-electron chi connectivity index (χ3n) is 3.50. The van der Waals surface area contributed by atoms with Gasteiger partial charge >= 0.3 is 0 Å². The zero-order valence-electron chi connectivity index (χ0n) is 13.0. The van der Waals surface area contributed by atoms with Gasteiger partial charge in [0.15, 0.2) is 0 Å². The largest absolute Gasteiger partial charge is 0.379 e.